The second kappa shape index (κ2) is 6.11. The van der Waals surface area contributed by atoms with Gasteiger partial charge in [0, 0.05) is 38.8 Å². The van der Waals surface area contributed by atoms with Crippen molar-refractivity contribution in [3.63, 3.8) is 0 Å². The maximum Gasteiger partial charge on any atom is 0.104 e. The van der Waals surface area contributed by atoms with Gasteiger partial charge in [-0.05, 0) is 31.2 Å². The Morgan fingerprint density at radius 1 is 1.32 bits per heavy atom. The number of anilines is 1. The van der Waals surface area contributed by atoms with E-state index in [0.717, 1.165) is 19.5 Å². The van der Waals surface area contributed by atoms with Crippen LogP contribution in [0.25, 0.3) is 0 Å². The van der Waals surface area contributed by atoms with Gasteiger partial charge in [-0.3, -0.25) is 0 Å². The van der Waals surface area contributed by atoms with Crippen molar-refractivity contribution in [2.75, 3.05) is 39.1 Å². The van der Waals surface area contributed by atoms with E-state index in [1.54, 1.807) is 0 Å². The van der Waals surface area contributed by atoms with E-state index >= 15 is 0 Å². The van der Waals surface area contributed by atoms with Crippen molar-refractivity contribution in [2.45, 2.75) is 19.3 Å². The second-order valence-electron chi connectivity index (χ2n) is 5.18. The van der Waals surface area contributed by atoms with Crippen molar-refractivity contribution >= 4 is 5.69 Å². The first-order valence-corrected chi connectivity index (χ1v) is 7.09. The van der Waals surface area contributed by atoms with Gasteiger partial charge in [0.25, 0.3) is 0 Å². The lowest BCUT2D eigenvalue weighted by molar-refractivity contribution is 0.399. The predicted octanol–water partition coefficient (Wildman–Crippen LogP) is 2.62. The molecule has 0 saturated carbocycles. The maximum absolute atomic E-state index is 3.21. The zero-order valence-corrected chi connectivity index (χ0v) is 12.5. The molecule has 3 heteroatoms. The van der Waals surface area contributed by atoms with Gasteiger partial charge in [-0.15, -0.1) is 0 Å². The fourth-order valence-electron chi connectivity index (χ4n) is 2.73. The van der Waals surface area contributed by atoms with Crippen molar-refractivity contribution in [1.29, 1.82) is 0 Å². The molecule has 1 aliphatic heterocycles. The molecule has 0 spiro atoms. The number of hydrogen-bond acceptors (Lipinski definition) is 3. The molecule has 0 aliphatic carbocycles. The van der Waals surface area contributed by atoms with E-state index in [9.17, 15) is 0 Å². The monoisotopic (exact) mass is 259 g/mol. The van der Waals surface area contributed by atoms with Gasteiger partial charge in [0.2, 0.25) is 0 Å². The average molecular weight is 259 g/mol. The van der Waals surface area contributed by atoms with Crippen LogP contribution in [0.3, 0.4) is 0 Å². The van der Waals surface area contributed by atoms with E-state index in [0.29, 0.717) is 5.92 Å². The fraction of sp³-hybridized carbons (Fsp3) is 0.500. The van der Waals surface area contributed by atoms with Crippen LogP contribution in [-0.4, -0.2) is 39.1 Å². The summed E-state index contributed by atoms with van der Waals surface area (Å²) in [5, 5.41) is 3.21. The smallest absolute Gasteiger partial charge is 0.104 e. The largest absolute Gasteiger partial charge is 0.360 e. The molecule has 1 heterocycles. The van der Waals surface area contributed by atoms with Gasteiger partial charge in [0.05, 0.1) is 0 Å². The molecular formula is C16H25N3. The van der Waals surface area contributed by atoms with Crippen LogP contribution in [0.15, 0.2) is 36.2 Å². The van der Waals surface area contributed by atoms with Crippen LogP contribution in [0, 0.1) is 0 Å². The fourth-order valence-corrected chi connectivity index (χ4v) is 2.73. The van der Waals surface area contributed by atoms with Gasteiger partial charge in [0.15, 0.2) is 0 Å². The van der Waals surface area contributed by atoms with E-state index < -0.39 is 0 Å². The molecule has 19 heavy (non-hydrogen) atoms. The third-order valence-corrected chi connectivity index (χ3v) is 3.92. The van der Waals surface area contributed by atoms with E-state index in [4.69, 9.17) is 0 Å². The van der Waals surface area contributed by atoms with Crippen molar-refractivity contribution < 1.29 is 0 Å². The highest BCUT2D eigenvalue weighted by Gasteiger charge is 2.24. The number of rotatable bonds is 5. The predicted molar refractivity (Wildman–Crippen MR) is 82.5 cm³/mol. The molecule has 1 unspecified atom stereocenters. The zero-order valence-electron chi connectivity index (χ0n) is 12.5. The first-order valence-electron chi connectivity index (χ1n) is 7.09. The highest BCUT2D eigenvalue weighted by atomic mass is 15.3. The minimum atomic E-state index is 0.527. The minimum absolute atomic E-state index is 0.527. The molecule has 1 aromatic rings. The topological polar surface area (TPSA) is 18.5 Å². The normalized spacial score (nSPS) is 18.0. The Morgan fingerprint density at radius 2 is 2.05 bits per heavy atom. The van der Waals surface area contributed by atoms with Gasteiger partial charge in [-0.25, -0.2) is 0 Å². The number of likely N-dealkylation sites (N-methyl/N-ethyl adjacent to an activating group) is 2. The summed E-state index contributed by atoms with van der Waals surface area (Å²) in [7, 11) is 6.32. The Balaban J connectivity index is 2.29. The molecule has 0 aromatic heterocycles. The number of hydrogen-bond donors (Lipinski definition) is 1. The van der Waals surface area contributed by atoms with Gasteiger partial charge in [0.1, 0.15) is 5.82 Å². The highest BCUT2D eigenvalue weighted by molar-refractivity contribution is 5.62. The number of nitrogens with one attached hydrogen (secondary N) is 1. The summed E-state index contributed by atoms with van der Waals surface area (Å²) in [4.78, 5) is 4.63. The van der Waals surface area contributed by atoms with E-state index in [1.807, 2.05) is 7.05 Å². The summed E-state index contributed by atoms with van der Waals surface area (Å²) in [6.45, 7) is 4.28. The van der Waals surface area contributed by atoms with Crippen molar-refractivity contribution in [3.8, 4) is 0 Å². The number of nitrogens with zero attached hydrogens (tertiary/aromatic N) is 2. The molecule has 1 aliphatic rings. The van der Waals surface area contributed by atoms with Crippen molar-refractivity contribution in [3.05, 3.63) is 41.7 Å². The third kappa shape index (κ3) is 2.76. The minimum Gasteiger partial charge on any atom is -0.360 e. The Labute approximate surface area is 116 Å². The van der Waals surface area contributed by atoms with Crippen LogP contribution < -0.4 is 10.2 Å². The van der Waals surface area contributed by atoms with Crippen LogP contribution in [0.1, 0.15) is 24.8 Å². The Kier molecular flexibility index (Phi) is 4.48. The average Bonchev–Trinajstić information content (AvgIpc) is 2.45. The van der Waals surface area contributed by atoms with Crippen LogP contribution >= 0.6 is 0 Å². The number of fused-ring (bicyclic) bond motifs is 1. The number of allylic oxidation sites excluding steroid dienone is 1. The lowest BCUT2D eigenvalue weighted by Crippen LogP contribution is -2.37. The molecule has 3 nitrogen and oxygen atoms in total. The first kappa shape index (κ1) is 13.9. The van der Waals surface area contributed by atoms with E-state index in [2.05, 4.69) is 66.5 Å². The Bertz CT molecular complexity index is 453. The standard InChI is InChI=1S/C16H25N3/c1-5-13-12-16(18(3)11-10-17-2)19(4)15-9-7-6-8-14(13)15/h6-9,12-13,17H,5,10-11H2,1-4H3. The summed E-state index contributed by atoms with van der Waals surface area (Å²) < 4.78 is 0. The first-order chi connectivity index (χ1) is 9.19. The Hall–Kier alpha value is -1.48. The van der Waals surface area contributed by atoms with Crippen LogP contribution in [0.2, 0.25) is 0 Å². The third-order valence-electron chi connectivity index (χ3n) is 3.92. The van der Waals surface area contributed by atoms with Gasteiger partial charge in [-0.2, -0.15) is 0 Å². The number of benzene rings is 1. The van der Waals surface area contributed by atoms with E-state index in [-0.39, 0.29) is 0 Å². The zero-order chi connectivity index (χ0) is 13.8. The summed E-state index contributed by atoms with van der Waals surface area (Å²) in [5.74, 6) is 1.83. The molecule has 0 radical (unpaired) electrons. The maximum atomic E-state index is 3.21. The molecular weight excluding hydrogens is 234 g/mol. The molecule has 0 amide bonds. The lowest BCUT2D eigenvalue weighted by Gasteiger charge is -2.37. The summed E-state index contributed by atoms with van der Waals surface area (Å²) >= 11 is 0. The SMILES string of the molecule is CCC1C=C(N(C)CCNC)N(C)c2ccccc21. The van der Waals surface area contributed by atoms with Crippen LogP contribution in [-0.2, 0) is 0 Å². The molecule has 1 N–H and O–H groups in total. The number of para-hydroxylation sites is 1. The molecule has 0 fully saturated rings. The Morgan fingerprint density at radius 3 is 2.74 bits per heavy atom. The van der Waals surface area contributed by atoms with Gasteiger partial charge >= 0.3 is 0 Å². The van der Waals surface area contributed by atoms with E-state index in [1.165, 1.54) is 17.1 Å². The summed E-state index contributed by atoms with van der Waals surface area (Å²) in [6, 6.07) is 8.73. The molecule has 0 bridgehead atoms. The van der Waals surface area contributed by atoms with Gasteiger partial charge in [-0.1, -0.05) is 25.1 Å². The quantitative estimate of drug-likeness (QED) is 0.877. The molecule has 1 aromatic carbocycles. The van der Waals surface area contributed by atoms with Crippen LogP contribution in [0.4, 0.5) is 5.69 Å². The highest BCUT2D eigenvalue weighted by Crippen LogP contribution is 2.37. The van der Waals surface area contributed by atoms with Gasteiger partial charge < -0.3 is 15.1 Å². The van der Waals surface area contributed by atoms with Crippen LogP contribution in [0.5, 0.6) is 0 Å². The lowest BCUT2D eigenvalue weighted by atomic mass is 9.91. The summed E-state index contributed by atoms with van der Waals surface area (Å²) in [6.07, 6.45) is 3.55. The molecule has 0 saturated heterocycles. The molecule has 1 atom stereocenters. The molecule has 104 valence electrons. The molecule has 2 rings (SSSR count). The van der Waals surface area contributed by atoms with Crippen molar-refractivity contribution in [2.24, 2.45) is 0 Å². The second-order valence-corrected chi connectivity index (χ2v) is 5.18. The van der Waals surface area contributed by atoms with Crippen molar-refractivity contribution in [1.82, 2.24) is 10.2 Å². The summed E-state index contributed by atoms with van der Waals surface area (Å²) in [5.41, 5.74) is 2.78.